The molecular weight excluding hydrogens is 218 g/mol. The van der Waals surface area contributed by atoms with Crippen molar-refractivity contribution < 1.29 is 4.79 Å². The van der Waals surface area contributed by atoms with Crippen molar-refractivity contribution in [3.05, 3.63) is 34.2 Å². The second-order valence-corrected chi connectivity index (χ2v) is 4.69. The summed E-state index contributed by atoms with van der Waals surface area (Å²) in [5.41, 5.74) is -0.0491. The van der Waals surface area contributed by atoms with Crippen LogP contribution in [0.25, 0.3) is 0 Å². The summed E-state index contributed by atoms with van der Waals surface area (Å²) in [6.07, 6.45) is 2.58. The molecule has 1 aromatic rings. The fourth-order valence-corrected chi connectivity index (χ4v) is 2.85. The number of aromatic amines is 1. The maximum absolute atomic E-state index is 12.3. The zero-order chi connectivity index (χ0) is 11.8. The highest BCUT2D eigenvalue weighted by Gasteiger charge is 2.40. The molecule has 1 aromatic heterocycles. The zero-order valence-electron chi connectivity index (χ0n) is 9.48. The van der Waals surface area contributed by atoms with Crippen LogP contribution in [0.1, 0.15) is 16.8 Å². The first-order valence-electron chi connectivity index (χ1n) is 5.97. The van der Waals surface area contributed by atoms with Crippen molar-refractivity contribution in [2.75, 3.05) is 19.6 Å². The van der Waals surface area contributed by atoms with Crippen LogP contribution in [0.5, 0.6) is 0 Å². The third-order valence-corrected chi connectivity index (χ3v) is 3.75. The number of nitrogens with one attached hydrogen (secondary N) is 2. The highest BCUT2D eigenvalue weighted by atomic mass is 16.2. The van der Waals surface area contributed by atoms with E-state index in [9.17, 15) is 9.59 Å². The van der Waals surface area contributed by atoms with Gasteiger partial charge in [-0.2, -0.15) is 0 Å². The number of nitrogens with zero attached hydrogens (tertiary/aromatic N) is 1. The molecule has 5 nitrogen and oxygen atoms in total. The summed E-state index contributed by atoms with van der Waals surface area (Å²) >= 11 is 0. The van der Waals surface area contributed by atoms with Crippen molar-refractivity contribution in [1.82, 2.24) is 15.2 Å². The van der Waals surface area contributed by atoms with Gasteiger partial charge >= 0.3 is 0 Å². The Morgan fingerprint density at radius 2 is 2.29 bits per heavy atom. The van der Waals surface area contributed by atoms with E-state index >= 15 is 0 Å². The minimum absolute atomic E-state index is 0.136. The Morgan fingerprint density at radius 3 is 3.12 bits per heavy atom. The predicted molar refractivity (Wildman–Crippen MR) is 62.9 cm³/mol. The van der Waals surface area contributed by atoms with Crippen LogP contribution in [0.2, 0.25) is 0 Å². The van der Waals surface area contributed by atoms with Gasteiger partial charge in [0.05, 0.1) is 0 Å². The third kappa shape index (κ3) is 1.67. The van der Waals surface area contributed by atoms with E-state index in [0.717, 1.165) is 26.1 Å². The first-order chi connectivity index (χ1) is 8.27. The van der Waals surface area contributed by atoms with Gasteiger partial charge in [-0.15, -0.1) is 0 Å². The molecule has 2 fully saturated rings. The van der Waals surface area contributed by atoms with Crippen molar-refractivity contribution >= 4 is 5.91 Å². The van der Waals surface area contributed by atoms with Gasteiger partial charge in [-0.1, -0.05) is 0 Å². The van der Waals surface area contributed by atoms with E-state index in [0.29, 0.717) is 5.92 Å². The Hall–Kier alpha value is -1.62. The van der Waals surface area contributed by atoms with E-state index in [1.807, 2.05) is 4.90 Å². The van der Waals surface area contributed by atoms with Crippen molar-refractivity contribution in [2.24, 2.45) is 5.92 Å². The van der Waals surface area contributed by atoms with E-state index in [1.54, 1.807) is 18.3 Å². The average molecular weight is 233 g/mol. The summed E-state index contributed by atoms with van der Waals surface area (Å²) in [6.45, 7) is 2.60. The Balaban J connectivity index is 1.88. The van der Waals surface area contributed by atoms with Crippen LogP contribution in [0.4, 0.5) is 0 Å². The third-order valence-electron chi connectivity index (χ3n) is 3.75. The number of pyridine rings is 1. The van der Waals surface area contributed by atoms with Gasteiger partial charge in [-0.05, 0) is 24.5 Å². The van der Waals surface area contributed by atoms with Crippen LogP contribution < -0.4 is 10.9 Å². The maximum Gasteiger partial charge on any atom is 0.260 e. The SMILES string of the molecule is O=C(c1ccc[nH]c1=O)N1CC[C@H]2CNC[C@H]21. The molecule has 0 aromatic carbocycles. The van der Waals surface area contributed by atoms with E-state index in [-0.39, 0.29) is 23.1 Å². The first kappa shape index (κ1) is 10.5. The summed E-state index contributed by atoms with van der Waals surface area (Å²) in [5, 5.41) is 3.30. The van der Waals surface area contributed by atoms with E-state index in [4.69, 9.17) is 0 Å². The van der Waals surface area contributed by atoms with Crippen LogP contribution in [0.3, 0.4) is 0 Å². The Kier molecular flexibility index (Phi) is 2.48. The highest BCUT2D eigenvalue weighted by molar-refractivity contribution is 5.94. The lowest BCUT2D eigenvalue weighted by atomic mass is 10.0. The standard InChI is InChI=1S/C12H15N3O2/c16-11-9(2-1-4-14-11)12(17)15-5-3-8-6-13-7-10(8)15/h1-2,4,8,10,13H,3,5-7H2,(H,14,16)/t8-,10+/m0/s1. The van der Waals surface area contributed by atoms with Crippen molar-refractivity contribution in [3.63, 3.8) is 0 Å². The molecule has 5 heteroatoms. The van der Waals surface area contributed by atoms with Gasteiger partial charge < -0.3 is 15.2 Å². The summed E-state index contributed by atoms with van der Waals surface area (Å²) in [5.74, 6) is 0.421. The molecule has 17 heavy (non-hydrogen) atoms. The molecule has 0 unspecified atom stereocenters. The molecular formula is C12H15N3O2. The van der Waals surface area contributed by atoms with E-state index in [2.05, 4.69) is 10.3 Å². The first-order valence-corrected chi connectivity index (χ1v) is 5.97. The monoisotopic (exact) mass is 233 g/mol. The van der Waals surface area contributed by atoms with Crippen molar-refractivity contribution in [3.8, 4) is 0 Å². The van der Waals surface area contributed by atoms with Gasteiger partial charge in [0.25, 0.3) is 11.5 Å². The average Bonchev–Trinajstić information content (AvgIpc) is 2.90. The van der Waals surface area contributed by atoms with Gasteiger partial charge in [0.15, 0.2) is 0 Å². The zero-order valence-corrected chi connectivity index (χ0v) is 9.48. The van der Waals surface area contributed by atoms with Gasteiger partial charge in [0, 0.05) is 31.9 Å². The van der Waals surface area contributed by atoms with Crippen LogP contribution in [-0.2, 0) is 0 Å². The minimum Gasteiger partial charge on any atom is -0.334 e. The number of amides is 1. The lowest BCUT2D eigenvalue weighted by Gasteiger charge is -2.22. The topological polar surface area (TPSA) is 65.2 Å². The Labute approximate surface area is 98.8 Å². The molecule has 90 valence electrons. The van der Waals surface area contributed by atoms with Crippen molar-refractivity contribution in [1.29, 1.82) is 0 Å². The molecule has 1 amide bonds. The summed E-state index contributed by atoms with van der Waals surface area (Å²) < 4.78 is 0. The molecule has 0 saturated carbocycles. The molecule has 0 bridgehead atoms. The van der Waals surface area contributed by atoms with Crippen molar-refractivity contribution in [2.45, 2.75) is 12.5 Å². The normalized spacial score (nSPS) is 27.2. The second kappa shape index (κ2) is 4.00. The molecule has 2 atom stereocenters. The second-order valence-electron chi connectivity index (χ2n) is 4.69. The molecule has 2 saturated heterocycles. The molecule has 2 aliphatic heterocycles. The number of carbonyl (C=O) groups is 1. The molecule has 2 N–H and O–H groups in total. The number of rotatable bonds is 1. The number of hydrogen-bond acceptors (Lipinski definition) is 3. The summed E-state index contributed by atoms with van der Waals surface area (Å²) in [7, 11) is 0. The quantitative estimate of drug-likeness (QED) is 0.706. The van der Waals surface area contributed by atoms with Crippen LogP contribution in [0, 0.1) is 5.92 Å². The molecule has 3 heterocycles. The number of carbonyl (C=O) groups excluding carboxylic acids is 1. The lowest BCUT2D eigenvalue weighted by molar-refractivity contribution is 0.0735. The molecule has 2 aliphatic rings. The van der Waals surface area contributed by atoms with Crippen LogP contribution in [0.15, 0.2) is 23.1 Å². The number of aromatic nitrogens is 1. The number of H-pyrrole nitrogens is 1. The largest absolute Gasteiger partial charge is 0.334 e. The fourth-order valence-electron chi connectivity index (χ4n) is 2.85. The molecule has 0 aliphatic carbocycles. The van der Waals surface area contributed by atoms with Gasteiger partial charge in [-0.3, -0.25) is 9.59 Å². The predicted octanol–water partition coefficient (Wildman–Crippen LogP) is -0.191. The summed E-state index contributed by atoms with van der Waals surface area (Å²) in [6, 6.07) is 3.55. The molecule has 0 radical (unpaired) electrons. The van der Waals surface area contributed by atoms with Gasteiger partial charge in [-0.25, -0.2) is 0 Å². The van der Waals surface area contributed by atoms with Gasteiger partial charge in [0.1, 0.15) is 5.56 Å². The van der Waals surface area contributed by atoms with Gasteiger partial charge in [0.2, 0.25) is 0 Å². The molecule has 3 rings (SSSR count). The fraction of sp³-hybridized carbons (Fsp3) is 0.500. The summed E-state index contributed by atoms with van der Waals surface area (Å²) in [4.78, 5) is 28.3. The maximum atomic E-state index is 12.3. The lowest BCUT2D eigenvalue weighted by Crippen LogP contribution is -2.41. The number of hydrogen-bond donors (Lipinski definition) is 2. The number of fused-ring (bicyclic) bond motifs is 1. The molecule has 0 spiro atoms. The minimum atomic E-state index is -0.299. The Bertz CT molecular complexity index is 497. The smallest absolute Gasteiger partial charge is 0.260 e. The highest BCUT2D eigenvalue weighted by Crippen LogP contribution is 2.27. The van der Waals surface area contributed by atoms with E-state index < -0.39 is 0 Å². The van der Waals surface area contributed by atoms with Crippen LogP contribution in [-0.4, -0.2) is 41.5 Å². The number of likely N-dealkylation sites (tertiary alicyclic amines) is 1. The Morgan fingerprint density at radius 1 is 1.41 bits per heavy atom. The van der Waals surface area contributed by atoms with E-state index in [1.165, 1.54) is 0 Å². The van der Waals surface area contributed by atoms with Crippen LogP contribution >= 0.6 is 0 Å².